The van der Waals surface area contributed by atoms with E-state index >= 15 is 0 Å². The Morgan fingerprint density at radius 3 is 2.19 bits per heavy atom. The van der Waals surface area contributed by atoms with Gasteiger partial charge >= 0.3 is 0 Å². The normalized spacial score (nSPS) is 13.0. The van der Waals surface area contributed by atoms with Gasteiger partial charge in [-0.15, -0.1) is 12.4 Å². The average Bonchev–Trinajstić information content (AvgIpc) is 3.19. The molecule has 1 aromatic heterocycles. The molecule has 5 aromatic rings. The minimum Gasteiger partial charge on any atom is -0.493 e. The van der Waals surface area contributed by atoms with E-state index in [4.69, 9.17) is 19.5 Å². The second-order valence-electron chi connectivity index (χ2n) is 13.3. The largest absolute Gasteiger partial charge is 0.493 e. The molecule has 0 aliphatic carbocycles. The highest BCUT2D eigenvalue weighted by Crippen LogP contribution is 2.26. The van der Waals surface area contributed by atoms with Crippen LogP contribution in [0.4, 0.5) is 4.39 Å². The number of hydrogen-bond donors (Lipinski definition) is 0. The Kier molecular flexibility index (Phi) is 14.2. The van der Waals surface area contributed by atoms with Crippen LogP contribution in [0.5, 0.6) is 23.1 Å². The Hall–Kier alpha value is -5.69. The van der Waals surface area contributed by atoms with Gasteiger partial charge in [-0.05, 0) is 82.3 Å². The van der Waals surface area contributed by atoms with Gasteiger partial charge in [-0.3, -0.25) is 9.69 Å². The number of piperazine rings is 1. The number of amides is 1. The Bertz CT molecular complexity index is 2020. The van der Waals surface area contributed by atoms with Crippen LogP contribution in [-0.2, 0) is 24.4 Å². The van der Waals surface area contributed by atoms with Gasteiger partial charge in [0.2, 0.25) is 11.8 Å². The van der Waals surface area contributed by atoms with Crippen molar-refractivity contribution < 1.29 is 23.4 Å². The number of nitriles is 1. The van der Waals surface area contributed by atoms with Gasteiger partial charge in [-0.1, -0.05) is 68.4 Å². The van der Waals surface area contributed by atoms with Gasteiger partial charge in [-0.2, -0.15) is 5.26 Å². The number of rotatable bonds is 14. The number of carbonyl (C=O) groups excluding carboxylic acids is 1. The number of aromatic nitrogens is 1. The summed E-state index contributed by atoms with van der Waals surface area (Å²) in [6.07, 6.45) is 5.46. The Morgan fingerprint density at radius 2 is 1.54 bits per heavy atom. The summed E-state index contributed by atoms with van der Waals surface area (Å²) in [7, 11) is 0. The zero-order valence-electron chi connectivity index (χ0n) is 30.5. The van der Waals surface area contributed by atoms with Gasteiger partial charge in [0.1, 0.15) is 18.1 Å². The summed E-state index contributed by atoms with van der Waals surface area (Å²) in [5.74, 6) is 1.51. The lowest BCUT2D eigenvalue weighted by atomic mass is 10.0. The molecule has 278 valence electrons. The first-order valence-corrected chi connectivity index (χ1v) is 17.9. The van der Waals surface area contributed by atoms with E-state index in [0.29, 0.717) is 49.1 Å². The van der Waals surface area contributed by atoms with Crippen molar-refractivity contribution in [2.75, 3.05) is 32.8 Å². The van der Waals surface area contributed by atoms with Crippen molar-refractivity contribution in [2.24, 2.45) is 0 Å². The average molecular weight is 747 g/mol. The highest BCUT2D eigenvalue weighted by Gasteiger charge is 2.20. The maximum absolute atomic E-state index is 14.9. The first kappa shape index (κ1) is 39.5. The maximum Gasteiger partial charge on any atom is 0.246 e. The number of hydrogen-bond acceptors (Lipinski definition) is 7. The zero-order valence-corrected chi connectivity index (χ0v) is 31.3. The molecule has 0 spiro atoms. The van der Waals surface area contributed by atoms with Crippen LogP contribution >= 0.6 is 12.4 Å². The van der Waals surface area contributed by atoms with E-state index in [1.807, 2.05) is 29.2 Å². The molecule has 0 N–H and O–H groups in total. The minimum absolute atomic E-state index is 0. The zero-order chi connectivity index (χ0) is 37.0. The Labute approximate surface area is 322 Å². The Morgan fingerprint density at radius 1 is 0.852 bits per heavy atom. The predicted molar refractivity (Wildman–Crippen MR) is 211 cm³/mol. The summed E-state index contributed by atoms with van der Waals surface area (Å²) in [4.78, 5) is 21.3. The number of nitrogens with zero attached hydrogens (tertiary/aromatic N) is 4. The SMILES string of the molecule is CC(C)c1ccc(OCCc2ccc(CN3CCN(C(=O)C=Cc4ccc(Oc5ccc(OCc6ccc(C#N)cc6)cn5)c(F)c4)CC3)cc2)cc1.Cl. The van der Waals surface area contributed by atoms with Gasteiger partial charge in [-0.25, -0.2) is 9.37 Å². The number of ether oxygens (including phenoxy) is 3. The van der Waals surface area contributed by atoms with Crippen LogP contribution in [0.25, 0.3) is 6.08 Å². The Balaban J connectivity index is 0.00000561. The first-order chi connectivity index (χ1) is 25.8. The molecule has 0 unspecified atom stereocenters. The lowest BCUT2D eigenvalue weighted by Gasteiger charge is -2.34. The van der Waals surface area contributed by atoms with Gasteiger partial charge in [0.15, 0.2) is 11.6 Å². The number of carbonyl (C=O) groups is 1. The van der Waals surface area contributed by atoms with Gasteiger partial charge in [0, 0.05) is 51.3 Å². The van der Waals surface area contributed by atoms with Crippen molar-refractivity contribution in [1.82, 2.24) is 14.8 Å². The van der Waals surface area contributed by atoms with Crippen molar-refractivity contribution in [3.8, 4) is 29.2 Å². The molecular formula is C44H44ClFN4O4. The highest BCUT2D eigenvalue weighted by molar-refractivity contribution is 5.91. The van der Waals surface area contributed by atoms with E-state index in [1.165, 1.54) is 41.1 Å². The van der Waals surface area contributed by atoms with Crippen molar-refractivity contribution in [1.29, 1.82) is 5.26 Å². The van der Waals surface area contributed by atoms with E-state index in [2.05, 4.69) is 66.2 Å². The van der Waals surface area contributed by atoms with Gasteiger partial charge in [0.25, 0.3) is 0 Å². The third-order valence-corrected chi connectivity index (χ3v) is 9.11. The van der Waals surface area contributed by atoms with Gasteiger partial charge in [0.05, 0.1) is 24.4 Å². The summed E-state index contributed by atoms with van der Waals surface area (Å²) in [6, 6.07) is 34.1. The standard InChI is InChI=1S/C44H43FN4O4.ClH/c1-32(2)38-13-15-39(16-14-38)51-26-21-33-3-7-36(8-4-33)30-48-22-24-49(25-23-48)44(50)20-12-34-11-18-42(41(45)27-34)53-43-19-17-40(29-47-43)52-31-37-9-5-35(28-46)6-10-37;/h3-20,27,29,32H,21-26,30-31H2,1-2H3;1H. The number of pyridine rings is 1. The summed E-state index contributed by atoms with van der Waals surface area (Å²) in [6.45, 7) is 8.97. The molecule has 1 saturated heterocycles. The van der Waals surface area contributed by atoms with E-state index in [9.17, 15) is 9.18 Å². The van der Waals surface area contributed by atoms with Crippen LogP contribution in [0.15, 0.2) is 115 Å². The van der Waals surface area contributed by atoms with Crippen molar-refractivity contribution in [3.05, 3.63) is 155 Å². The minimum atomic E-state index is -0.565. The molecule has 1 amide bonds. The van der Waals surface area contributed by atoms with Crippen LogP contribution < -0.4 is 14.2 Å². The lowest BCUT2D eigenvalue weighted by molar-refractivity contribution is -0.127. The second kappa shape index (κ2) is 19.4. The van der Waals surface area contributed by atoms with Crippen molar-refractivity contribution in [2.45, 2.75) is 39.3 Å². The molecule has 4 aromatic carbocycles. The van der Waals surface area contributed by atoms with Gasteiger partial charge < -0.3 is 19.1 Å². The van der Waals surface area contributed by atoms with Crippen LogP contribution in [0.1, 0.15) is 53.1 Å². The third-order valence-electron chi connectivity index (χ3n) is 9.11. The highest BCUT2D eigenvalue weighted by atomic mass is 35.5. The molecule has 0 atom stereocenters. The first-order valence-electron chi connectivity index (χ1n) is 17.9. The monoisotopic (exact) mass is 746 g/mol. The smallest absolute Gasteiger partial charge is 0.246 e. The van der Waals surface area contributed by atoms with Crippen LogP contribution in [-0.4, -0.2) is 53.5 Å². The number of benzene rings is 4. The van der Waals surface area contributed by atoms with Crippen LogP contribution in [0, 0.1) is 17.1 Å². The topological polar surface area (TPSA) is 87.9 Å². The van der Waals surface area contributed by atoms with E-state index in [1.54, 1.807) is 36.4 Å². The fourth-order valence-electron chi connectivity index (χ4n) is 5.88. The fourth-order valence-corrected chi connectivity index (χ4v) is 5.88. The summed E-state index contributed by atoms with van der Waals surface area (Å²) >= 11 is 0. The number of halogens is 2. The molecule has 1 aliphatic heterocycles. The molecule has 6 rings (SSSR count). The van der Waals surface area contributed by atoms with E-state index in [-0.39, 0.29) is 29.9 Å². The molecule has 1 fully saturated rings. The third kappa shape index (κ3) is 11.4. The molecule has 1 aliphatic rings. The quantitative estimate of drug-likeness (QED) is 0.105. The van der Waals surface area contributed by atoms with Crippen molar-refractivity contribution in [3.63, 3.8) is 0 Å². The van der Waals surface area contributed by atoms with Crippen LogP contribution in [0.3, 0.4) is 0 Å². The lowest BCUT2D eigenvalue weighted by Crippen LogP contribution is -2.47. The molecule has 2 heterocycles. The second-order valence-corrected chi connectivity index (χ2v) is 13.3. The molecular weight excluding hydrogens is 703 g/mol. The fraction of sp³-hybridized carbons (Fsp3) is 0.250. The maximum atomic E-state index is 14.9. The summed E-state index contributed by atoms with van der Waals surface area (Å²) in [5, 5.41) is 8.93. The molecule has 0 saturated carbocycles. The van der Waals surface area contributed by atoms with E-state index < -0.39 is 5.82 Å². The summed E-state index contributed by atoms with van der Waals surface area (Å²) in [5.41, 5.74) is 5.85. The van der Waals surface area contributed by atoms with E-state index in [0.717, 1.165) is 37.4 Å². The summed E-state index contributed by atoms with van der Waals surface area (Å²) < 4.78 is 32.2. The molecule has 0 radical (unpaired) electrons. The predicted octanol–water partition coefficient (Wildman–Crippen LogP) is 8.99. The molecule has 8 nitrogen and oxygen atoms in total. The van der Waals surface area contributed by atoms with Crippen LogP contribution in [0.2, 0.25) is 0 Å². The molecule has 10 heteroatoms. The van der Waals surface area contributed by atoms with Crippen molar-refractivity contribution >= 4 is 24.4 Å². The molecule has 54 heavy (non-hydrogen) atoms. The molecule has 0 bridgehead atoms.